The maximum Gasteiger partial charge on any atom is 0.223 e. The molecule has 2 aromatic rings. The van der Waals surface area contributed by atoms with Crippen LogP contribution >= 0.6 is 11.6 Å². The molecule has 0 unspecified atom stereocenters. The third kappa shape index (κ3) is 1.42. The first-order chi connectivity index (χ1) is 6.72. The second kappa shape index (κ2) is 3.48. The van der Waals surface area contributed by atoms with Crippen LogP contribution in [0, 0.1) is 5.82 Å². The van der Waals surface area contributed by atoms with Gasteiger partial charge in [-0.2, -0.15) is 0 Å². The molecule has 2 rings (SSSR count). The lowest BCUT2D eigenvalue weighted by atomic mass is 10.2. The van der Waals surface area contributed by atoms with Crippen LogP contribution < -0.4 is 5.73 Å². The van der Waals surface area contributed by atoms with Crippen LogP contribution in [0.25, 0.3) is 10.9 Å². The van der Waals surface area contributed by atoms with Gasteiger partial charge >= 0.3 is 0 Å². The Balaban J connectivity index is 2.87. The second-order valence-corrected chi connectivity index (χ2v) is 3.12. The molecule has 1 aromatic heterocycles. The van der Waals surface area contributed by atoms with Crippen molar-refractivity contribution in [2.45, 2.75) is 6.54 Å². The molecule has 3 nitrogen and oxygen atoms in total. The minimum absolute atomic E-state index is 0.0167. The van der Waals surface area contributed by atoms with Crippen LogP contribution in [0.1, 0.15) is 5.69 Å². The van der Waals surface area contributed by atoms with Crippen molar-refractivity contribution >= 4 is 22.5 Å². The van der Waals surface area contributed by atoms with Gasteiger partial charge in [-0.25, -0.2) is 14.4 Å². The number of para-hydroxylation sites is 1. The van der Waals surface area contributed by atoms with Crippen molar-refractivity contribution < 1.29 is 4.39 Å². The molecule has 0 saturated carbocycles. The molecule has 0 atom stereocenters. The first-order valence-corrected chi connectivity index (χ1v) is 4.41. The van der Waals surface area contributed by atoms with Gasteiger partial charge in [-0.05, 0) is 17.7 Å². The molecule has 0 aliphatic rings. The minimum atomic E-state index is -0.415. The number of fused-ring (bicyclic) bond motifs is 1. The highest BCUT2D eigenvalue weighted by molar-refractivity contribution is 6.28. The summed E-state index contributed by atoms with van der Waals surface area (Å²) >= 11 is 5.63. The highest BCUT2D eigenvalue weighted by Crippen LogP contribution is 2.19. The van der Waals surface area contributed by atoms with Gasteiger partial charge in [0.1, 0.15) is 11.3 Å². The largest absolute Gasteiger partial charge is 0.325 e. The van der Waals surface area contributed by atoms with Gasteiger partial charge in [-0.3, -0.25) is 0 Å². The predicted octanol–water partition coefficient (Wildman–Crippen LogP) is 1.88. The summed E-state index contributed by atoms with van der Waals surface area (Å²) in [5.41, 5.74) is 6.23. The Bertz CT molecular complexity index is 487. The molecule has 14 heavy (non-hydrogen) atoms. The average molecular weight is 212 g/mol. The number of halogens is 2. The third-order valence-electron chi connectivity index (χ3n) is 1.92. The average Bonchev–Trinajstić information content (AvgIpc) is 2.18. The van der Waals surface area contributed by atoms with Gasteiger partial charge < -0.3 is 5.73 Å². The lowest BCUT2D eigenvalue weighted by Crippen LogP contribution is -2.03. The molecule has 0 spiro atoms. The summed E-state index contributed by atoms with van der Waals surface area (Å²) in [7, 11) is 0. The van der Waals surface area contributed by atoms with E-state index in [9.17, 15) is 4.39 Å². The first kappa shape index (κ1) is 9.30. The molecular formula is C9H7ClFN3. The number of hydrogen-bond donors (Lipinski definition) is 1. The van der Waals surface area contributed by atoms with Crippen LogP contribution in [-0.2, 0) is 6.54 Å². The van der Waals surface area contributed by atoms with Gasteiger partial charge in [0.15, 0.2) is 0 Å². The van der Waals surface area contributed by atoms with E-state index in [1.807, 2.05) is 0 Å². The Morgan fingerprint density at radius 1 is 1.36 bits per heavy atom. The highest BCUT2D eigenvalue weighted by Gasteiger charge is 2.08. The van der Waals surface area contributed by atoms with Crippen LogP contribution in [0.3, 0.4) is 0 Å². The number of aromatic nitrogens is 2. The number of nitrogens with two attached hydrogens (primary N) is 1. The van der Waals surface area contributed by atoms with Gasteiger partial charge in [0, 0.05) is 11.9 Å². The fourth-order valence-corrected chi connectivity index (χ4v) is 1.49. The van der Waals surface area contributed by atoms with E-state index >= 15 is 0 Å². The predicted molar refractivity (Wildman–Crippen MR) is 52.4 cm³/mol. The van der Waals surface area contributed by atoms with Crippen molar-refractivity contribution in [2.24, 2.45) is 5.73 Å². The van der Waals surface area contributed by atoms with Crippen molar-refractivity contribution in [3.8, 4) is 0 Å². The van der Waals surface area contributed by atoms with E-state index in [2.05, 4.69) is 9.97 Å². The molecule has 0 amide bonds. The number of benzene rings is 1. The van der Waals surface area contributed by atoms with Gasteiger partial charge in [0.25, 0.3) is 0 Å². The summed E-state index contributed by atoms with van der Waals surface area (Å²) in [6.45, 7) is 0.211. The Kier molecular flexibility index (Phi) is 2.31. The van der Waals surface area contributed by atoms with Gasteiger partial charge in [0.2, 0.25) is 5.28 Å². The molecule has 0 aliphatic heterocycles. The van der Waals surface area contributed by atoms with E-state index in [4.69, 9.17) is 17.3 Å². The molecule has 0 radical (unpaired) electrons. The zero-order valence-electron chi connectivity index (χ0n) is 7.17. The Morgan fingerprint density at radius 3 is 2.86 bits per heavy atom. The summed E-state index contributed by atoms with van der Waals surface area (Å²) in [5, 5.41) is 0.625. The highest BCUT2D eigenvalue weighted by atomic mass is 35.5. The lowest BCUT2D eigenvalue weighted by molar-refractivity contribution is 0.636. The Hall–Kier alpha value is -1.26. The van der Waals surface area contributed by atoms with E-state index in [-0.39, 0.29) is 17.3 Å². The van der Waals surface area contributed by atoms with Crippen LogP contribution in [0.15, 0.2) is 18.2 Å². The van der Waals surface area contributed by atoms with Crippen molar-refractivity contribution in [3.63, 3.8) is 0 Å². The van der Waals surface area contributed by atoms with Gasteiger partial charge in [-0.1, -0.05) is 12.1 Å². The van der Waals surface area contributed by atoms with Crippen LogP contribution in [0.2, 0.25) is 5.28 Å². The Morgan fingerprint density at radius 2 is 2.14 bits per heavy atom. The fraction of sp³-hybridized carbons (Fsp3) is 0.111. The zero-order valence-corrected chi connectivity index (χ0v) is 7.92. The molecule has 1 aromatic carbocycles. The number of rotatable bonds is 1. The molecule has 0 saturated heterocycles. The standard InChI is InChI=1S/C9H7ClFN3/c10-9-13-7(4-12)5-2-1-3-6(11)8(5)14-9/h1-3H,4,12H2. The van der Waals surface area contributed by atoms with E-state index < -0.39 is 5.82 Å². The van der Waals surface area contributed by atoms with E-state index in [0.29, 0.717) is 11.1 Å². The normalized spacial score (nSPS) is 10.8. The van der Waals surface area contributed by atoms with Crippen molar-refractivity contribution in [1.29, 1.82) is 0 Å². The summed E-state index contributed by atoms with van der Waals surface area (Å²) in [6, 6.07) is 4.64. The first-order valence-electron chi connectivity index (χ1n) is 4.03. The molecule has 2 N–H and O–H groups in total. The van der Waals surface area contributed by atoms with Crippen molar-refractivity contribution in [2.75, 3.05) is 0 Å². The lowest BCUT2D eigenvalue weighted by Gasteiger charge is -2.03. The SMILES string of the molecule is NCc1nc(Cl)nc2c(F)cccc12. The number of nitrogens with zero attached hydrogens (tertiary/aromatic N) is 2. The fourth-order valence-electron chi connectivity index (χ4n) is 1.31. The summed E-state index contributed by atoms with van der Waals surface area (Å²) in [6.07, 6.45) is 0. The Labute approximate surface area is 84.7 Å². The monoisotopic (exact) mass is 211 g/mol. The topological polar surface area (TPSA) is 51.8 Å². The molecule has 72 valence electrons. The summed E-state index contributed by atoms with van der Waals surface area (Å²) in [4.78, 5) is 7.73. The molecule has 1 heterocycles. The quantitative estimate of drug-likeness (QED) is 0.733. The van der Waals surface area contributed by atoms with Crippen LogP contribution in [0.5, 0.6) is 0 Å². The van der Waals surface area contributed by atoms with Crippen molar-refractivity contribution in [1.82, 2.24) is 9.97 Å². The molecule has 0 bridgehead atoms. The van der Waals surface area contributed by atoms with Gasteiger partial charge in [-0.15, -0.1) is 0 Å². The molecule has 5 heteroatoms. The smallest absolute Gasteiger partial charge is 0.223 e. The van der Waals surface area contributed by atoms with E-state index in [1.54, 1.807) is 12.1 Å². The maximum absolute atomic E-state index is 13.3. The van der Waals surface area contributed by atoms with E-state index in [0.717, 1.165) is 0 Å². The summed E-state index contributed by atoms with van der Waals surface area (Å²) < 4.78 is 13.3. The molecule has 0 aliphatic carbocycles. The van der Waals surface area contributed by atoms with Gasteiger partial charge in [0.05, 0.1) is 5.69 Å². The third-order valence-corrected chi connectivity index (χ3v) is 2.09. The minimum Gasteiger partial charge on any atom is -0.325 e. The molecule has 0 fully saturated rings. The second-order valence-electron chi connectivity index (χ2n) is 2.78. The van der Waals surface area contributed by atoms with Crippen LogP contribution in [0.4, 0.5) is 4.39 Å². The van der Waals surface area contributed by atoms with E-state index in [1.165, 1.54) is 6.07 Å². The van der Waals surface area contributed by atoms with Crippen molar-refractivity contribution in [3.05, 3.63) is 35.0 Å². The maximum atomic E-state index is 13.3. The summed E-state index contributed by atoms with van der Waals surface area (Å²) in [5.74, 6) is -0.415. The zero-order chi connectivity index (χ0) is 10.1. The number of hydrogen-bond acceptors (Lipinski definition) is 3. The van der Waals surface area contributed by atoms with Crippen LogP contribution in [-0.4, -0.2) is 9.97 Å². The molecular weight excluding hydrogens is 205 g/mol.